The molecule has 0 saturated heterocycles. The highest BCUT2D eigenvalue weighted by molar-refractivity contribution is 6.07. The van der Waals surface area contributed by atoms with Gasteiger partial charge in [0.15, 0.2) is 0 Å². The third-order valence-electron chi connectivity index (χ3n) is 5.48. The number of ether oxygens (including phenoxy) is 1. The zero-order valence-electron chi connectivity index (χ0n) is 18.2. The molecule has 0 bridgehead atoms. The lowest BCUT2D eigenvalue weighted by Gasteiger charge is -2.20. The number of hydrogen-bond acceptors (Lipinski definition) is 2. The average Bonchev–Trinajstić information content (AvgIpc) is 2.66. The van der Waals surface area contributed by atoms with Crippen LogP contribution in [0.25, 0.3) is 21.5 Å². The second-order valence-electron chi connectivity index (χ2n) is 9.88. The van der Waals surface area contributed by atoms with Crippen molar-refractivity contribution >= 4 is 21.5 Å². The van der Waals surface area contributed by atoms with Gasteiger partial charge in [-0.1, -0.05) is 77.9 Å². The van der Waals surface area contributed by atoms with Gasteiger partial charge in [0, 0.05) is 17.6 Å². The number of nitrogens with zero attached hydrogens (tertiary/aromatic N) is 1. The van der Waals surface area contributed by atoms with Crippen molar-refractivity contribution in [1.82, 2.24) is 4.98 Å². The Morgan fingerprint density at radius 1 is 0.655 bits per heavy atom. The van der Waals surface area contributed by atoms with Crippen molar-refractivity contribution in [3.8, 4) is 11.6 Å². The normalized spacial score (nSPS) is 12.5. The highest BCUT2D eigenvalue weighted by Gasteiger charge is 2.16. The first-order chi connectivity index (χ1) is 13.6. The molecule has 0 fully saturated rings. The first-order valence-corrected chi connectivity index (χ1v) is 10.2. The van der Waals surface area contributed by atoms with E-state index in [9.17, 15) is 0 Å². The molecule has 0 aliphatic carbocycles. The maximum absolute atomic E-state index is 6.16. The molecular formula is C27H29NO. The van der Waals surface area contributed by atoms with Crippen molar-refractivity contribution < 1.29 is 4.74 Å². The van der Waals surface area contributed by atoms with E-state index in [4.69, 9.17) is 4.74 Å². The molecule has 0 spiro atoms. The highest BCUT2D eigenvalue weighted by Crippen LogP contribution is 2.33. The summed E-state index contributed by atoms with van der Waals surface area (Å²) in [6, 6.07) is 21.4. The molecule has 29 heavy (non-hydrogen) atoms. The molecular weight excluding hydrogens is 354 g/mol. The Labute approximate surface area is 173 Å². The Kier molecular flexibility index (Phi) is 4.61. The zero-order valence-corrected chi connectivity index (χ0v) is 18.2. The molecule has 4 aromatic rings. The van der Waals surface area contributed by atoms with Gasteiger partial charge in [-0.25, -0.2) is 4.98 Å². The molecule has 4 rings (SSSR count). The first kappa shape index (κ1) is 19.4. The molecule has 1 heterocycles. The smallest absolute Gasteiger partial charge is 0.219 e. The summed E-state index contributed by atoms with van der Waals surface area (Å²) >= 11 is 0. The minimum atomic E-state index is 0.0791. The Balaban J connectivity index is 1.80. The lowest BCUT2D eigenvalue weighted by atomic mass is 9.85. The van der Waals surface area contributed by atoms with E-state index in [0.717, 1.165) is 11.1 Å². The summed E-state index contributed by atoms with van der Waals surface area (Å²) in [6.45, 7) is 13.4. The highest BCUT2D eigenvalue weighted by atomic mass is 16.5. The van der Waals surface area contributed by atoms with Gasteiger partial charge < -0.3 is 4.74 Å². The van der Waals surface area contributed by atoms with Gasteiger partial charge in [-0.05, 0) is 56.3 Å². The zero-order chi connectivity index (χ0) is 20.8. The van der Waals surface area contributed by atoms with Gasteiger partial charge in [-0.3, -0.25) is 0 Å². The number of rotatable bonds is 2. The van der Waals surface area contributed by atoms with Gasteiger partial charge in [0.1, 0.15) is 5.75 Å². The van der Waals surface area contributed by atoms with Gasteiger partial charge in [0.25, 0.3) is 0 Å². The van der Waals surface area contributed by atoms with Crippen molar-refractivity contribution in [2.75, 3.05) is 0 Å². The van der Waals surface area contributed by atoms with Crippen LogP contribution in [-0.4, -0.2) is 4.98 Å². The van der Waals surface area contributed by atoms with Crippen molar-refractivity contribution in [3.63, 3.8) is 0 Å². The number of fused-ring (bicyclic) bond motifs is 3. The molecule has 3 aromatic carbocycles. The summed E-state index contributed by atoms with van der Waals surface area (Å²) in [5.41, 5.74) is 2.76. The van der Waals surface area contributed by atoms with E-state index in [0.29, 0.717) is 5.88 Å². The lowest BCUT2D eigenvalue weighted by molar-refractivity contribution is 0.461. The van der Waals surface area contributed by atoms with Crippen LogP contribution in [0.2, 0.25) is 0 Å². The lowest BCUT2D eigenvalue weighted by Crippen LogP contribution is -2.10. The monoisotopic (exact) mass is 383 g/mol. The molecule has 0 unspecified atom stereocenters. The van der Waals surface area contributed by atoms with E-state index in [1.807, 2.05) is 18.3 Å². The summed E-state index contributed by atoms with van der Waals surface area (Å²) < 4.78 is 6.16. The molecule has 1 aromatic heterocycles. The second-order valence-corrected chi connectivity index (χ2v) is 9.88. The summed E-state index contributed by atoms with van der Waals surface area (Å²) in [4.78, 5) is 4.55. The van der Waals surface area contributed by atoms with Crippen LogP contribution in [0.3, 0.4) is 0 Å². The van der Waals surface area contributed by atoms with Crippen LogP contribution in [0.15, 0.2) is 66.9 Å². The van der Waals surface area contributed by atoms with Crippen LogP contribution in [0.5, 0.6) is 11.6 Å². The van der Waals surface area contributed by atoms with E-state index in [-0.39, 0.29) is 10.8 Å². The SMILES string of the molecule is CC(C)(C)c1cccc(Oc2cc3c(ccc4ccc(C(C)(C)C)cc43)cn2)c1. The molecule has 148 valence electrons. The van der Waals surface area contributed by atoms with E-state index >= 15 is 0 Å². The standard InChI is InChI=1S/C27H29NO/c1-26(2,3)20-8-7-9-22(14-20)29-25-16-24-19(17-28-25)11-10-18-12-13-21(15-23(18)24)27(4,5)6/h7-17H,1-6H3. The number of hydrogen-bond donors (Lipinski definition) is 0. The van der Waals surface area contributed by atoms with Gasteiger partial charge in [0.05, 0.1) is 0 Å². The largest absolute Gasteiger partial charge is 0.439 e. The van der Waals surface area contributed by atoms with Crippen LogP contribution in [0.1, 0.15) is 52.7 Å². The van der Waals surface area contributed by atoms with Gasteiger partial charge in [-0.15, -0.1) is 0 Å². The maximum Gasteiger partial charge on any atom is 0.219 e. The third kappa shape index (κ3) is 3.98. The molecule has 2 nitrogen and oxygen atoms in total. The van der Waals surface area contributed by atoms with Crippen molar-refractivity contribution in [1.29, 1.82) is 0 Å². The Hall–Kier alpha value is -2.87. The predicted molar refractivity (Wildman–Crippen MR) is 123 cm³/mol. The first-order valence-electron chi connectivity index (χ1n) is 10.2. The fourth-order valence-corrected chi connectivity index (χ4v) is 3.60. The summed E-state index contributed by atoms with van der Waals surface area (Å²) in [5.74, 6) is 1.44. The van der Waals surface area contributed by atoms with Gasteiger partial charge in [-0.2, -0.15) is 0 Å². The van der Waals surface area contributed by atoms with Crippen LogP contribution in [0, 0.1) is 0 Å². The average molecular weight is 384 g/mol. The van der Waals surface area contributed by atoms with E-state index in [2.05, 4.69) is 95.1 Å². The van der Waals surface area contributed by atoms with Crippen LogP contribution in [0.4, 0.5) is 0 Å². The summed E-state index contributed by atoms with van der Waals surface area (Å²) in [6.07, 6.45) is 1.90. The number of benzene rings is 3. The predicted octanol–water partition coefficient (Wildman–Crippen LogP) is 7.78. The molecule has 0 saturated carbocycles. The van der Waals surface area contributed by atoms with E-state index < -0.39 is 0 Å². The molecule has 0 radical (unpaired) electrons. The van der Waals surface area contributed by atoms with Crippen LogP contribution >= 0.6 is 0 Å². The molecule has 0 atom stereocenters. The maximum atomic E-state index is 6.16. The number of pyridine rings is 1. The topological polar surface area (TPSA) is 22.1 Å². The van der Waals surface area contributed by atoms with Crippen molar-refractivity contribution in [2.24, 2.45) is 0 Å². The Morgan fingerprint density at radius 3 is 2.00 bits per heavy atom. The van der Waals surface area contributed by atoms with Gasteiger partial charge in [0.2, 0.25) is 5.88 Å². The molecule has 2 heteroatoms. The molecule has 0 N–H and O–H groups in total. The molecule has 0 amide bonds. The summed E-state index contributed by atoms with van der Waals surface area (Å²) in [7, 11) is 0. The Bertz CT molecular complexity index is 1190. The fourth-order valence-electron chi connectivity index (χ4n) is 3.60. The van der Waals surface area contributed by atoms with Crippen molar-refractivity contribution in [2.45, 2.75) is 52.4 Å². The van der Waals surface area contributed by atoms with E-state index in [1.54, 1.807) is 0 Å². The van der Waals surface area contributed by atoms with Crippen molar-refractivity contribution in [3.05, 3.63) is 78.0 Å². The third-order valence-corrected chi connectivity index (χ3v) is 5.48. The fraction of sp³-hybridized carbons (Fsp3) is 0.296. The Morgan fingerprint density at radius 2 is 1.28 bits per heavy atom. The summed E-state index contributed by atoms with van der Waals surface area (Å²) in [5, 5.41) is 4.77. The quantitative estimate of drug-likeness (QED) is 0.330. The van der Waals surface area contributed by atoms with Crippen LogP contribution < -0.4 is 4.74 Å². The minimum absolute atomic E-state index is 0.0791. The minimum Gasteiger partial charge on any atom is -0.439 e. The van der Waals surface area contributed by atoms with Gasteiger partial charge >= 0.3 is 0 Å². The molecule has 0 aliphatic rings. The van der Waals surface area contributed by atoms with Crippen LogP contribution in [-0.2, 0) is 10.8 Å². The number of aromatic nitrogens is 1. The second kappa shape index (κ2) is 6.88. The van der Waals surface area contributed by atoms with E-state index in [1.165, 1.54) is 27.3 Å². The molecule has 0 aliphatic heterocycles.